The molecule has 0 fully saturated rings. The number of allylic oxidation sites excluding steroid dienone is 1. The van der Waals surface area contributed by atoms with Gasteiger partial charge in [0.15, 0.2) is 0 Å². The number of ether oxygens (including phenoxy) is 1. The van der Waals surface area contributed by atoms with Crippen LogP contribution in [0.25, 0.3) is 11.0 Å². The summed E-state index contributed by atoms with van der Waals surface area (Å²) in [4.78, 5) is 18.4. The third-order valence-corrected chi connectivity index (χ3v) is 6.13. The SMILES string of the molecule is CCc1ccc(NC(=O)C2=C(C)Nc3nc4ccccc4n3[C@@H]2c2ccc(OC)cc2)cc1. The molecule has 0 unspecified atom stereocenters. The van der Waals surface area contributed by atoms with Gasteiger partial charge in [0.05, 0.1) is 29.8 Å². The molecular formula is C27H26N4O2. The lowest BCUT2D eigenvalue weighted by molar-refractivity contribution is -0.113. The van der Waals surface area contributed by atoms with Gasteiger partial charge >= 0.3 is 0 Å². The molecule has 6 nitrogen and oxygen atoms in total. The van der Waals surface area contributed by atoms with Crippen molar-refractivity contribution in [3.8, 4) is 5.75 Å². The zero-order chi connectivity index (χ0) is 22.9. The summed E-state index contributed by atoms with van der Waals surface area (Å²) in [5.74, 6) is 1.35. The molecule has 0 aliphatic carbocycles. The number of aryl methyl sites for hydroxylation is 1. The maximum absolute atomic E-state index is 13.6. The van der Waals surface area contributed by atoms with E-state index in [1.165, 1.54) is 5.56 Å². The first-order valence-corrected chi connectivity index (χ1v) is 11.1. The number of aromatic nitrogens is 2. The van der Waals surface area contributed by atoms with Gasteiger partial charge in [0, 0.05) is 11.4 Å². The van der Waals surface area contributed by atoms with Gasteiger partial charge < -0.3 is 15.4 Å². The molecule has 1 amide bonds. The Bertz CT molecular complexity index is 1350. The molecular weight excluding hydrogens is 412 g/mol. The van der Waals surface area contributed by atoms with Crippen molar-refractivity contribution in [3.05, 3.63) is 95.2 Å². The minimum Gasteiger partial charge on any atom is -0.497 e. The third-order valence-electron chi connectivity index (χ3n) is 6.13. The number of para-hydroxylation sites is 2. The average molecular weight is 439 g/mol. The number of anilines is 2. The molecule has 1 atom stereocenters. The smallest absolute Gasteiger partial charge is 0.255 e. The number of imidazole rings is 1. The molecule has 6 heteroatoms. The fourth-order valence-corrected chi connectivity index (χ4v) is 4.38. The Balaban J connectivity index is 1.61. The molecule has 5 rings (SSSR count). The number of hydrogen-bond acceptors (Lipinski definition) is 4. The zero-order valence-corrected chi connectivity index (χ0v) is 18.9. The highest BCUT2D eigenvalue weighted by Gasteiger charge is 2.34. The predicted molar refractivity (Wildman–Crippen MR) is 132 cm³/mol. The van der Waals surface area contributed by atoms with Crippen molar-refractivity contribution < 1.29 is 9.53 Å². The standard InChI is InChI=1S/C27H26N4O2/c1-4-18-9-13-20(14-10-18)29-26(32)24-17(2)28-27-30-22-7-5-6-8-23(22)31(27)25(24)19-11-15-21(33-3)16-12-19/h5-16,25H,4H2,1-3H3,(H,28,30)(H,29,32)/t25-/m1/s1. The van der Waals surface area contributed by atoms with Crippen molar-refractivity contribution in [2.45, 2.75) is 26.3 Å². The van der Waals surface area contributed by atoms with E-state index in [9.17, 15) is 4.79 Å². The highest BCUT2D eigenvalue weighted by Crippen LogP contribution is 2.39. The number of rotatable bonds is 5. The van der Waals surface area contributed by atoms with Crippen LogP contribution in [-0.2, 0) is 11.2 Å². The van der Waals surface area contributed by atoms with E-state index in [0.717, 1.165) is 46.1 Å². The average Bonchev–Trinajstić information content (AvgIpc) is 3.21. The molecule has 0 saturated heterocycles. The van der Waals surface area contributed by atoms with Crippen LogP contribution in [0.15, 0.2) is 84.1 Å². The number of carbonyl (C=O) groups excluding carboxylic acids is 1. The zero-order valence-electron chi connectivity index (χ0n) is 18.9. The molecule has 2 N–H and O–H groups in total. The molecule has 1 aliphatic heterocycles. The van der Waals surface area contributed by atoms with E-state index in [4.69, 9.17) is 9.72 Å². The Morgan fingerprint density at radius 3 is 2.48 bits per heavy atom. The monoisotopic (exact) mass is 438 g/mol. The van der Waals surface area contributed by atoms with Crippen LogP contribution in [0.4, 0.5) is 11.6 Å². The molecule has 0 saturated carbocycles. The summed E-state index contributed by atoms with van der Waals surface area (Å²) >= 11 is 0. The Morgan fingerprint density at radius 2 is 1.79 bits per heavy atom. The summed E-state index contributed by atoms with van der Waals surface area (Å²) in [6, 6.07) is 23.5. The summed E-state index contributed by atoms with van der Waals surface area (Å²) in [5, 5.41) is 6.44. The van der Waals surface area contributed by atoms with Gasteiger partial charge in [-0.3, -0.25) is 9.36 Å². The quantitative estimate of drug-likeness (QED) is 0.430. The van der Waals surface area contributed by atoms with Crippen LogP contribution in [0.1, 0.15) is 31.0 Å². The van der Waals surface area contributed by atoms with Crippen LogP contribution in [0.2, 0.25) is 0 Å². The number of fused-ring (bicyclic) bond motifs is 3. The van der Waals surface area contributed by atoms with Gasteiger partial charge in [-0.25, -0.2) is 4.98 Å². The van der Waals surface area contributed by atoms with E-state index in [1.54, 1.807) is 7.11 Å². The largest absolute Gasteiger partial charge is 0.497 e. The summed E-state index contributed by atoms with van der Waals surface area (Å²) in [7, 11) is 1.65. The first-order valence-electron chi connectivity index (χ1n) is 11.1. The second-order valence-electron chi connectivity index (χ2n) is 8.14. The van der Waals surface area contributed by atoms with Crippen molar-refractivity contribution in [2.75, 3.05) is 17.7 Å². The van der Waals surface area contributed by atoms with Gasteiger partial charge in [-0.2, -0.15) is 0 Å². The highest BCUT2D eigenvalue weighted by molar-refractivity contribution is 6.06. The van der Waals surface area contributed by atoms with Crippen molar-refractivity contribution in [1.29, 1.82) is 0 Å². The van der Waals surface area contributed by atoms with Crippen molar-refractivity contribution >= 4 is 28.6 Å². The van der Waals surface area contributed by atoms with Crippen LogP contribution in [0, 0.1) is 0 Å². The van der Waals surface area contributed by atoms with Crippen molar-refractivity contribution in [3.63, 3.8) is 0 Å². The van der Waals surface area contributed by atoms with Gasteiger partial charge in [0.25, 0.3) is 5.91 Å². The first-order chi connectivity index (χ1) is 16.1. The maximum Gasteiger partial charge on any atom is 0.255 e. The molecule has 0 radical (unpaired) electrons. The lowest BCUT2D eigenvalue weighted by Crippen LogP contribution is -2.30. The van der Waals surface area contributed by atoms with E-state index in [-0.39, 0.29) is 11.9 Å². The number of nitrogens with zero attached hydrogens (tertiary/aromatic N) is 2. The summed E-state index contributed by atoms with van der Waals surface area (Å²) < 4.78 is 7.45. The molecule has 0 spiro atoms. The number of carbonyl (C=O) groups is 1. The lowest BCUT2D eigenvalue weighted by Gasteiger charge is -2.30. The minimum atomic E-state index is -0.338. The van der Waals surface area contributed by atoms with Crippen LogP contribution in [-0.4, -0.2) is 22.6 Å². The van der Waals surface area contributed by atoms with Crippen LogP contribution < -0.4 is 15.4 Å². The Labute approximate surface area is 192 Å². The summed E-state index contributed by atoms with van der Waals surface area (Å²) in [5.41, 5.74) is 6.25. The van der Waals surface area contributed by atoms with Gasteiger partial charge in [-0.1, -0.05) is 43.3 Å². The van der Waals surface area contributed by atoms with E-state index >= 15 is 0 Å². The number of methoxy groups -OCH3 is 1. The third kappa shape index (κ3) is 3.74. The highest BCUT2D eigenvalue weighted by atomic mass is 16.5. The summed E-state index contributed by atoms with van der Waals surface area (Å²) in [6.45, 7) is 4.04. The normalized spacial score (nSPS) is 15.2. The molecule has 33 heavy (non-hydrogen) atoms. The second-order valence-corrected chi connectivity index (χ2v) is 8.14. The van der Waals surface area contributed by atoms with Crippen LogP contribution in [0.3, 0.4) is 0 Å². The van der Waals surface area contributed by atoms with Crippen molar-refractivity contribution in [1.82, 2.24) is 9.55 Å². The molecule has 4 aromatic rings. The number of hydrogen-bond donors (Lipinski definition) is 2. The van der Waals surface area contributed by atoms with E-state index in [0.29, 0.717) is 5.57 Å². The Kier molecular flexibility index (Phi) is 5.34. The Morgan fingerprint density at radius 1 is 1.06 bits per heavy atom. The van der Waals surface area contributed by atoms with E-state index in [2.05, 4.69) is 22.1 Å². The molecule has 1 aromatic heterocycles. The van der Waals surface area contributed by atoms with E-state index in [1.807, 2.05) is 79.7 Å². The van der Waals surface area contributed by atoms with Gasteiger partial charge in [-0.05, 0) is 60.9 Å². The molecule has 166 valence electrons. The molecule has 1 aliphatic rings. The second kappa shape index (κ2) is 8.47. The van der Waals surface area contributed by atoms with Crippen molar-refractivity contribution in [2.24, 2.45) is 0 Å². The molecule has 0 bridgehead atoms. The topological polar surface area (TPSA) is 68.2 Å². The van der Waals surface area contributed by atoms with Gasteiger partial charge in [0.1, 0.15) is 5.75 Å². The fourth-order valence-electron chi connectivity index (χ4n) is 4.38. The fraction of sp³-hybridized carbons (Fsp3) is 0.185. The van der Waals surface area contributed by atoms with Crippen LogP contribution in [0.5, 0.6) is 5.75 Å². The number of nitrogens with one attached hydrogen (secondary N) is 2. The maximum atomic E-state index is 13.6. The number of amides is 1. The Hall–Kier alpha value is -4.06. The predicted octanol–water partition coefficient (Wildman–Crippen LogP) is 5.53. The molecule has 3 aromatic carbocycles. The minimum absolute atomic E-state index is 0.145. The lowest BCUT2D eigenvalue weighted by atomic mass is 9.94. The number of benzene rings is 3. The summed E-state index contributed by atoms with van der Waals surface area (Å²) in [6.07, 6.45) is 0.957. The molecule has 2 heterocycles. The van der Waals surface area contributed by atoms with Gasteiger partial charge in [0.2, 0.25) is 5.95 Å². The first kappa shape index (κ1) is 20.8. The van der Waals surface area contributed by atoms with Crippen LogP contribution >= 0.6 is 0 Å². The van der Waals surface area contributed by atoms with E-state index < -0.39 is 0 Å². The van der Waals surface area contributed by atoms with Gasteiger partial charge in [-0.15, -0.1) is 0 Å².